The molecule has 0 bridgehead atoms. The minimum atomic E-state index is -4.96. The number of hydrogen-bond donors (Lipinski definition) is 3. The van der Waals surface area contributed by atoms with Gasteiger partial charge in [-0.2, -0.15) is 26.3 Å². The second kappa shape index (κ2) is 18.7. The van der Waals surface area contributed by atoms with E-state index in [1.165, 1.54) is 12.5 Å². The molecule has 2 aromatic carbocycles. The molecule has 0 heterocycles. The van der Waals surface area contributed by atoms with Gasteiger partial charge in [0.2, 0.25) is 6.41 Å². The van der Waals surface area contributed by atoms with Gasteiger partial charge in [0.25, 0.3) is 0 Å². The molecule has 4 nitrogen and oxygen atoms in total. The number of aliphatic hydroxyl groups is 1. The van der Waals surface area contributed by atoms with Gasteiger partial charge < -0.3 is 16.2 Å². The van der Waals surface area contributed by atoms with Crippen LogP contribution in [0.3, 0.4) is 0 Å². The lowest BCUT2D eigenvalue weighted by Gasteiger charge is -2.32. The van der Waals surface area contributed by atoms with Crippen LogP contribution in [0.4, 0.5) is 26.3 Å². The molecule has 1 amide bonds. The molecule has 1 atom stereocenters. The Morgan fingerprint density at radius 1 is 0.976 bits per heavy atom. The van der Waals surface area contributed by atoms with Crippen molar-refractivity contribution in [2.45, 2.75) is 71.8 Å². The van der Waals surface area contributed by atoms with Gasteiger partial charge in [0, 0.05) is 35.1 Å². The highest BCUT2D eigenvalue weighted by Gasteiger charge is 2.55. The molecule has 2 aromatic rings. The summed E-state index contributed by atoms with van der Waals surface area (Å²) in [6.07, 6.45) is -8.91. The lowest BCUT2D eigenvalue weighted by molar-refractivity contribution is -0.264. The van der Waals surface area contributed by atoms with E-state index in [-0.39, 0.29) is 22.0 Å². The number of amides is 1. The zero-order valence-corrected chi connectivity index (χ0v) is 25.3. The van der Waals surface area contributed by atoms with Gasteiger partial charge in [0.1, 0.15) is 0 Å². The number of nitrogens with two attached hydrogens (primary N) is 1. The summed E-state index contributed by atoms with van der Waals surface area (Å²) in [5.74, 6) is 0. The highest BCUT2D eigenvalue weighted by atomic mass is 35.5. The van der Waals surface area contributed by atoms with Crippen LogP contribution in [0.1, 0.15) is 69.2 Å². The van der Waals surface area contributed by atoms with E-state index in [1.54, 1.807) is 18.2 Å². The third kappa shape index (κ3) is 14.7. The van der Waals surface area contributed by atoms with Crippen LogP contribution in [-0.4, -0.2) is 30.4 Å². The molecule has 4 N–H and O–H groups in total. The topological polar surface area (TPSA) is 75.3 Å². The van der Waals surface area contributed by atoms with Crippen molar-refractivity contribution in [3.8, 4) is 0 Å². The SMILES string of the molecule is C=C(CC(O)(c1cc(Cl)cc(Cl)c1)C(F)(F)F)c1ccc(C(=C)NCC)c(C)c1.CCC.CCC(F)(F)F.NC=O. The number of carbonyl (C=O) groups is 1. The number of rotatable bonds is 7. The first kappa shape index (κ1) is 40.4. The Labute approximate surface area is 248 Å². The average molecular weight is 632 g/mol. The summed E-state index contributed by atoms with van der Waals surface area (Å²) in [6.45, 7) is 17.5. The van der Waals surface area contributed by atoms with Crippen molar-refractivity contribution in [1.82, 2.24) is 5.32 Å². The monoisotopic (exact) mass is 630 g/mol. The predicted octanol–water partition coefficient (Wildman–Crippen LogP) is 9.21. The van der Waals surface area contributed by atoms with Crippen molar-refractivity contribution < 1.29 is 36.2 Å². The van der Waals surface area contributed by atoms with Gasteiger partial charge in [-0.15, -0.1) is 0 Å². The number of carbonyl (C=O) groups excluding carboxylic acids is 1. The fourth-order valence-electron chi connectivity index (χ4n) is 3.10. The third-order valence-corrected chi connectivity index (χ3v) is 5.47. The van der Waals surface area contributed by atoms with Gasteiger partial charge in [-0.25, -0.2) is 0 Å². The third-order valence-electron chi connectivity index (χ3n) is 5.03. The maximum Gasteiger partial charge on any atom is 0.421 e. The Morgan fingerprint density at radius 2 is 1.41 bits per heavy atom. The van der Waals surface area contributed by atoms with Crippen LogP contribution in [-0.2, 0) is 10.4 Å². The normalized spacial score (nSPS) is 12.1. The molecule has 0 fully saturated rings. The van der Waals surface area contributed by atoms with E-state index in [2.05, 4.69) is 38.1 Å². The van der Waals surface area contributed by atoms with Crippen LogP contribution in [0.15, 0.2) is 49.6 Å². The second-order valence-corrected chi connectivity index (χ2v) is 9.52. The van der Waals surface area contributed by atoms with Crippen molar-refractivity contribution in [1.29, 1.82) is 0 Å². The molecular weight excluding hydrogens is 593 g/mol. The Bertz CT molecular complexity index is 1100. The highest BCUT2D eigenvalue weighted by Crippen LogP contribution is 2.46. The summed E-state index contributed by atoms with van der Waals surface area (Å²) in [7, 11) is 0. The van der Waals surface area contributed by atoms with Gasteiger partial charge in [-0.3, -0.25) is 4.79 Å². The van der Waals surface area contributed by atoms with Crippen LogP contribution in [0, 0.1) is 6.92 Å². The zero-order valence-electron chi connectivity index (χ0n) is 23.7. The Morgan fingerprint density at radius 3 is 1.76 bits per heavy atom. The van der Waals surface area contributed by atoms with Crippen molar-refractivity contribution in [2.24, 2.45) is 5.73 Å². The molecule has 0 aromatic heterocycles. The van der Waals surface area contributed by atoms with Crippen LogP contribution in [0.25, 0.3) is 11.3 Å². The molecular formula is C29H38Cl2F6N2O2. The van der Waals surface area contributed by atoms with E-state index < -0.39 is 36.4 Å². The van der Waals surface area contributed by atoms with Gasteiger partial charge in [0.15, 0.2) is 5.60 Å². The van der Waals surface area contributed by atoms with Gasteiger partial charge in [-0.05, 0) is 59.9 Å². The van der Waals surface area contributed by atoms with Gasteiger partial charge >= 0.3 is 12.4 Å². The van der Waals surface area contributed by atoms with E-state index in [9.17, 15) is 31.4 Å². The Kier molecular flexibility index (Phi) is 18.4. The van der Waals surface area contributed by atoms with Crippen molar-refractivity contribution in [2.75, 3.05) is 6.54 Å². The molecule has 0 spiro atoms. The smallest absolute Gasteiger partial charge is 0.385 e. The number of aryl methyl sites for hydroxylation is 1. The molecule has 1 unspecified atom stereocenters. The number of halogens is 8. The predicted molar refractivity (Wildman–Crippen MR) is 157 cm³/mol. The molecule has 12 heteroatoms. The lowest BCUT2D eigenvalue weighted by atomic mass is 9.84. The fourth-order valence-corrected chi connectivity index (χ4v) is 3.63. The first-order chi connectivity index (χ1) is 18.8. The van der Waals surface area contributed by atoms with E-state index in [0.717, 1.165) is 35.9 Å². The molecule has 0 radical (unpaired) electrons. The van der Waals surface area contributed by atoms with Crippen molar-refractivity contribution in [3.05, 3.63) is 81.9 Å². The van der Waals surface area contributed by atoms with Crippen LogP contribution >= 0.6 is 23.2 Å². The lowest BCUT2D eigenvalue weighted by Crippen LogP contribution is -2.42. The minimum absolute atomic E-state index is 0.00270. The van der Waals surface area contributed by atoms with E-state index in [4.69, 9.17) is 28.0 Å². The van der Waals surface area contributed by atoms with E-state index in [0.29, 0.717) is 12.1 Å². The Balaban J connectivity index is 0. The maximum atomic E-state index is 13.9. The van der Waals surface area contributed by atoms with Crippen LogP contribution in [0.2, 0.25) is 10.0 Å². The summed E-state index contributed by atoms with van der Waals surface area (Å²) in [5, 5.41) is 13.8. The number of alkyl halides is 6. The quantitative estimate of drug-likeness (QED) is 0.211. The van der Waals surface area contributed by atoms with Crippen LogP contribution in [0.5, 0.6) is 0 Å². The fraction of sp³-hybridized carbons (Fsp3) is 0.414. The molecule has 232 valence electrons. The Hall–Kier alpha value is -2.69. The summed E-state index contributed by atoms with van der Waals surface area (Å²) in [4.78, 5) is 8.58. The number of benzene rings is 2. The average Bonchev–Trinajstić information content (AvgIpc) is 2.83. The molecule has 2 rings (SSSR count). The number of hydrogen-bond acceptors (Lipinski definition) is 3. The highest BCUT2D eigenvalue weighted by molar-refractivity contribution is 6.34. The van der Waals surface area contributed by atoms with E-state index in [1.807, 2.05) is 13.8 Å². The zero-order chi connectivity index (χ0) is 32.6. The number of primary amides is 1. The summed E-state index contributed by atoms with van der Waals surface area (Å²) in [6, 6.07) is 8.57. The van der Waals surface area contributed by atoms with Crippen molar-refractivity contribution in [3.63, 3.8) is 0 Å². The standard InChI is InChI=1S/C22H22Cl2F3NO.C3H5F3.C3H8.CH3NO/c1-5-28-15(4)20-7-6-16(8-13(20)2)14(3)12-21(29,22(25,26)27)17-9-18(23)11-19(24)10-17;1-2-3(4,5)6;1-3-2;2-1-3/h6-11,28-29H,3-5,12H2,1-2H3;2H2,1H3;3H2,1-2H3;1H,(H2,2,3). The molecule has 41 heavy (non-hydrogen) atoms. The minimum Gasteiger partial charge on any atom is -0.385 e. The molecule has 0 aliphatic heterocycles. The van der Waals surface area contributed by atoms with Gasteiger partial charge in [-0.1, -0.05) is 81.8 Å². The van der Waals surface area contributed by atoms with Crippen molar-refractivity contribution >= 4 is 40.9 Å². The molecule has 0 saturated heterocycles. The maximum absolute atomic E-state index is 13.9. The summed E-state index contributed by atoms with van der Waals surface area (Å²) < 4.78 is 74.0. The molecule has 0 aliphatic rings. The largest absolute Gasteiger partial charge is 0.421 e. The summed E-state index contributed by atoms with van der Waals surface area (Å²) >= 11 is 11.7. The van der Waals surface area contributed by atoms with Crippen LogP contribution < -0.4 is 11.1 Å². The first-order valence-corrected chi connectivity index (χ1v) is 13.2. The first-order valence-electron chi connectivity index (χ1n) is 12.5. The molecule has 0 aliphatic carbocycles. The summed E-state index contributed by atoms with van der Waals surface area (Å²) in [5.41, 5.74) is 3.58. The van der Waals surface area contributed by atoms with Gasteiger partial charge in [0.05, 0.1) is 0 Å². The van der Waals surface area contributed by atoms with E-state index >= 15 is 0 Å². The number of nitrogens with one attached hydrogen (secondary N) is 1. The second-order valence-electron chi connectivity index (χ2n) is 8.65. The molecule has 0 saturated carbocycles.